The maximum atomic E-state index is 11.4. The Labute approximate surface area is 91.4 Å². The SMILES string of the molecule is CCCC1(C(=O)O)CCCN(CCN)C1. The molecule has 1 saturated heterocycles. The minimum Gasteiger partial charge on any atom is -0.481 e. The lowest BCUT2D eigenvalue weighted by molar-refractivity contribution is -0.153. The first-order chi connectivity index (χ1) is 7.14. The number of hydrogen-bond acceptors (Lipinski definition) is 3. The molecule has 1 rings (SSSR count). The summed E-state index contributed by atoms with van der Waals surface area (Å²) in [6.07, 6.45) is 3.51. The Kier molecular flexibility index (Phi) is 4.54. The largest absolute Gasteiger partial charge is 0.481 e. The van der Waals surface area contributed by atoms with Crippen LogP contribution in [-0.2, 0) is 4.79 Å². The Balaban J connectivity index is 2.66. The van der Waals surface area contributed by atoms with Gasteiger partial charge in [-0.15, -0.1) is 0 Å². The monoisotopic (exact) mass is 214 g/mol. The summed E-state index contributed by atoms with van der Waals surface area (Å²) < 4.78 is 0. The van der Waals surface area contributed by atoms with Crippen molar-refractivity contribution < 1.29 is 9.90 Å². The molecular weight excluding hydrogens is 192 g/mol. The number of nitrogens with two attached hydrogens (primary N) is 1. The molecule has 1 fully saturated rings. The minimum absolute atomic E-state index is 0.512. The molecule has 1 atom stereocenters. The Morgan fingerprint density at radius 2 is 2.33 bits per heavy atom. The molecule has 1 aliphatic rings. The van der Waals surface area contributed by atoms with E-state index in [-0.39, 0.29) is 0 Å². The lowest BCUT2D eigenvalue weighted by Crippen LogP contribution is -2.49. The third-order valence-corrected chi connectivity index (χ3v) is 3.28. The van der Waals surface area contributed by atoms with E-state index >= 15 is 0 Å². The van der Waals surface area contributed by atoms with Crippen molar-refractivity contribution in [3.05, 3.63) is 0 Å². The summed E-state index contributed by atoms with van der Waals surface area (Å²) in [5.74, 6) is -0.633. The highest BCUT2D eigenvalue weighted by Gasteiger charge is 2.41. The molecule has 1 heterocycles. The predicted octanol–water partition coefficient (Wildman–Crippen LogP) is 0.912. The zero-order valence-corrected chi connectivity index (χ0v) is 9.54. The Morgan fingerprint density at radius 1 is 1.60 bits per heavy atom. The number of carbonyl (C=O) groups is 1. The number of likely N-dealkylation sites (tertiary alicyclic amines) is 1. The molecule has 15 heavy (non-hydrogen) atoms. The molecule has 0 bridgehead atoms. The summed E-state index contributed by atoms with van der Waals surface area (Å²) in [5.41, 5.74) is 5.00. The summed E-state index contributed by atoms with van der Waals surface area (Å²) in [4.78, 5) is 13.5. The molecule has 0 radical (unpaired) electrons. The number of aliphatic carboxylic acids is 1. The zero-order valence-electron chi connectivity index (χ0n) is 9.54. The van der Waals surface area contributed by atoms with Crippen LogP contribution in [-0.4, -0.2) is 42.2 Å². The van der Waals surface area contributed by atoms with Crippen molar-refractivity contribution in [2.45, 2.75) is 32.6 Å². The van der Waals surface area contributed by atoms with E-state index in [1.54, 1.807) is 0 Å². The highest BCUT2D eigenvalue weighted by molar-refractivity contribution is 5.75. The first-order valence-electron chi connectivity index (χ1n) is 5.80. The van der Waals surface area contributed by atoms with Gasteiger partial charge in [-0.05, 0) is 25.8 Å². The molecule has 0 aromatic carbocycles. The fourth-order valence-corrected chi connectivity index (χ4v) is 2.56. The van der Waals surface area contributed by atoms with Crippen molar-refractivity contribution in [2.75, 3.05) is 26.2 Å². The van der Waals surface area contributed by atoms with E-state index in [2.05, 4.69) is 4.90 Å². The first-order valence-corrected chi connectivity index (χ1v) is 5.80. The van der Waals surface area contributed by atoms with E-state index in [1.165, 1.54) is 0 Å². The highest BCUT2D eigenvalue weighted by Crippen LogP contribution is 2.34. The van der Waals surface area contributed by atoms with Gasteiger partial charge in [0, 0.05) is 19.6 Å². The fraction of sp³-hybridized carbons (Fsp3) is 0.909. The van der Waals surface area contributed by atoms with Gasteiger partial charge in [-0.3, -0.25) is 4.79 Å². The number of nitrogens with zero attached hydrogens (tertiary/aromatic N) is 1. The molecule has 88 valence electrons. The van der Waals surface area contributed by atoms with Gasteiger partial charge in [0.25, 0.3) is 0 Å². The van der Waals surface area contributed by atoms with Crippen molar-refractivity contribution >= 4 is 5.97 Å². The molecule has 1 aliphatic heterocycles. The second-order valence-electron chi connectivity index (χ2n) is 4.50. The molecule has 1 unspecified atom stereocenters. The average molecular weight is 214 g/mol. The van der Waals surface area contributed by atoms with E-state index in [9.17, 15) is 9.90 Å². The minimum atomic E-state index is -0.633. The van der Waals surface area contributed by atoms with E-state index in [0.717, 1.165) is 38.8 Å². The lowest BCUT2D eigenvalue weighted by Gasteiger charge is -2.39. The smallest absolute Gasteiger partial charge is 0.310 e. The molecule has 0 spiro atoms. The van der Waals surface area contributed by atoms with Gasteiger partial charge in [-0.1, -0.05) is 13.3 Å². The summed E-state index contributed by atoms with van der Waals surface area (Å²) in [5, 5.41) is 9.35. The highest BCUT2D eigenvalue weighted by atomic mass is 16.4. The zero-order chi connectivity index (χ0) is 11.3. The second kappa shape index (κ2) is 5.47. The molecule has 0 aromatic heterocycles. The lowest BCUT2D eigenvalue weighted by atomic mass is 9.76. The second-order valence-corrected chi connectivity index (χ2v) is 4.50. The molecule has 0 amide bonds. The third kappa shape index (κ3) is 2.92. The normalized spacial score (nSPS) is 27.9. The number of carboxylic acid groups (broad SMARTS) is 1. The van der Waals surface area contributed by atoms with Gasteiger partial charge in [0.15, 0.2) is 0 Å². The van der Waals surface area contributed by atoms with Gasteiger partial charge in [-0.2, -0.15) is 0 Å². The molecular formula is C11H22N2O2. The van der Waals surface area contributed by atoms with Crippen LogP contribution in [0.3, 0.4) is 0 Å². The molecule has 0 aliphatic carbocycles. The maximum Gasteiger partial charge on any atom is 0.310 e. The summed E-state index contributed by atoms with van der Waals surface area (Å²) in [6.45, 7) is 5.15. The van der Waals surface area contributed by atoms with E-state index < -0.39 is 11.4 Å². The topological polar surface area (TPSA) is 66.6 Å². The summed E-state index contributed by atoms with van der Waals surface area (Å²) in [6, 6.07) is 0. The fourth-order valence-electron chi connectivity index (χ4n) is 2.56. The van der Waals surface area contributed by atoms with Crippen molar-refractivity contribution in [3.63, 3.8) is 0 Å². The Bertz CT molecular complexity index is 215. The summed E-state index contributed by atoms with van der Waals surface area (Å²) >= 11 is 0. The van der Waals surface area contributed by atoms with Gasteiger partial charge in [0.2, 0.25) is 0 Å². The van der Waals surface area contributed by atoms with Crippen LogP contribution in [0.2, 0.25) is 0 Å². The van der Waals surface area contributed by atoms with Crippen LogP contribution in [0.1, 0.15) is 32.6 Å². The van der Waals surface area contributed by atoms with Crippen LogP contribution in [0.5, 0.6) is 0 Å². The van der Waals surface area contributed by atoms with Gasteiger partial charge < -0.3 is 15.7 Å². The van der Waals surface area contributed by atoms with Gasteiger partial charge in [-0.25, -0.2) is 0 Å². The van der Waals surface area contributed by atoms with Gasteiger partial charge in [0.1, 0.15) is 0 Å². The molecule has 0 aromatic rings. The molecule has 0 saturated carbocycles. The van der Waals surface area contributed by atoms with E-state index in [1.807, 2.05) is 6.92 Å². The quantitative estimate of drug-likeness (QED) is 0.714. The van der Waals surface area contributed by atoms with Crippen LogP contribution in [0.15, 0.2) is 0 Å². The van der Waals surface area contributed by atoms with E-state index in [4.69, 9.17) is 5.73 Å². The number of rotatable bonds is 5. The number of hydrogen-bond donors (Lipinski definition) is 2. The van der Waals surface area contributed by atoms with Crippen LogP contribution < -0.4 is 5.73 Å². The van der Waals surface area contributed by atoms with Crippen LogP contribution >= 0.6 is 0 Å². The maximum absolute atomic E-state index is 11.4. The van der Waals surface area contributed by atoms with Crippen LogP contribution in [0.25, 0.3) is 0 Å². The average Bonchev–Trinajstić information content (AvgIpc) is 2.19. The van der Waals surface area contributed by atoms with Gasteiger partial charge >= 0.3 is 5.97 Å². The molecule has 4 nitrogen and oxygen atoms in total. The van der Waals surface area contributed by atoms with Crippen molar-refractivity contribution in [2.24, 2.45) is 11.1 Å². The Hall–Kier alpha value is -0.610. The standard InChI is InChI=1S/C11H22N2O2/c1-2-4-11(10(14)15)5-3-7-13(9-11)8-6-12/h2-9,12H2,1H3,(H,14,15). The Morgan fingerprint density at radius 3 is 2.87 bits per heavy atom. The molecule has 4 heteroatoms. The van der Waals surface area contributed by atoms with Crippen LogP contribution in [0, 0.1) is 5.41 Å². The van der Waals surface area contributed by atoms with Crippen molar-refractivity contribution in [3.8, 4) is 0 Å². The third-order valence-electron chi connectivity index (χ3n) is 3.28. The van der Waals surface area contributed by atoms with E-state index in [0.29, 0.717) is 13.1 Å². The summed E-state index contributed by atoms with van der Waals surface area (Å²) in [7, 11) is 0. The first kappa shape index (κ1) is 12.5. The predicted molar refractivity (Wildman–Crippen MR) is 59.7 cm³/mol. The van der Waals surface area contributed by atoms with Gasteiger partial charge in [0.05, 0.1) is 5.41 Å². The van der Waals surface area contributed by atoms with Crippen molar-refractivity contribution in [1.82, 2.24) is 4.90 Å². The van der Waals surface area contributed by atoms with Crippen molar-refractivity contribution in [1.29, 1.82) is 0 Å². The van der Waals surface area contributed by atoms with Crippen LogP contribution in [0.4, 0.5) is 0 Å². The number of carboxylic acids is 1. The molecule has 3 N–H and O–H groups in total. The number of piperidine rings is 1.